The number of aromatic amines is 1. The van der Waals surface area contributed by atoms with Gasteiger partial charge in [-0.2, -0.15) is 5.10 Å². The van der Waals surface area contributed by atoms with E-state index in [0.717, 1.165) is 5.56 Å². The normalized spacial score (nSPS) is 13.3. The zero-order valence-corrected chi connectivity index (χ0v) is 12.8. The quantitative estimate of drug-likeness (QED) is 0.889. The van der Waals surface area contributed by atoms with E-state index in [2.05, 4.69) is 14.9 Å². The minimum absolute atomic E-state index is 0.176. The van der Waals surface area contributed by atoms with Gasteiger partial charge in [-0.1, -0.05) is 23.7 Å². The summed E-state index contributed by atoms with van der Waals surface area (Å²) in [5.74, 6) is 0. The van der Waals surface area contributed by atoms with Crippen LogP contribution in [0.5, 0.6) is 0 Å². The van der Waals surface area contributed by atoms with Crippen LogP contribution in [0.15, 0.2) is 35.4 Å². The Morgan fingerprint density at radius 3 is 2.80 bits per heavy atom. The van der Waals surface area contributed by atoms with Gasteiger partial charge in [0.25, 0.3) is 0 Å². The highest BCUT2D eigenvalue weighted by Crippen LogP contribution is 2.15. The Morgan fingerprint density at radius 1 is 1.45 bits per heavy atom. The highest BCUT2D eigenvalue weighted by Gasteiger charge is 2.21. The smallest absolute Gasteiger partial charge is 0.244 e. The lowest BCUT2D eigenvalue weighted by molar-refractivity contribution is 0.559. The molecule has 1 heterocycles. The van der Waals surface area contributed by atoms with Crippen molar-refractivity contribution in [1.29, 1.82) is 0 Å². The van der Waals surface area contributed by atoms with Crippen molar-refractivity contribution < 1.29 is 8.42 Å². The summed E-state index contributed by atoms with van der Waals surface area (Å²) in [5.41, 5.74) is 1.50. The molecule has 0 aliphatic carbocycles. The van der Waals surface area contributed by atoms with Crippen LogP contribution >= 0.6 is 11.6 Å². The molecule has 2 rings (SSSR count). The highest BCUT2D eigenvalue weighted by atomic mass is 35.5. The van der Waals surface area contributed by atoms with Gasteiger partial charge in [0.15, 0.2) is 0 Å². The summed E-state index contributed by atoms with van der Waals surface area (Å²) in [6.45, 7) is 3.48. The number of nitrogens with one attached hydrogen (secondary N) is 2. The maximum atomic E-state index is 12.2. The molecule has 0 aliphatic heterocycles. The van der Waals surface area contributed by atoms with E-state index in [0.29, 0.717) is 17.1 Å². The molecular weight excluding hydrogens is 298 g/mol. The van der Waals surface area contributed by atoms with E-state index in [1.165, 1.54) is 6.20 Å². The van der Waals surface area contributed by atoms with Crippen molar-refractivity contribution in [3.8, 4) is 0 Å². The topological polar surface area (TPSA) is 74.8 Å². The monoisotopic (exact) mass is 313 g/mol. The lowest BCUT2D eigenvalue weighted by Gasteiger charge is -2.14. The SMILES string of the molecule is Cc1[nH]ncc1S(=O)(=O)NC(C)Cc1cccc(Cl)c1. The fourth-order valence-corrected chi connectivity index (χ4v) is 3.59. The molecule has 2 N–H and O–H groups in total. The van der Waals surface area contributed by atoms with E-state index in [4.69, 9.17) is 11.6 Å². The molecule has 7 heteroatoms. The van der Waals surface area contributed by atoms with Gasteiger partial charge in [0.05, 0.1) is 11.9 Å². The molecular formula is C13H16ClN3O2S. The van der Waals surface area contributed by atoms with Crippen LogP contribution in [0, 0.1) is 6.92 Å². The van der Waals surface area contributed by atoms with Crippen LogP contribution < -0.4 is 4.72 Å². The van der Waals surface area contributed by atoms with Crippen molar-refractivity contribution in [1.82, 2.24) is 14.9 Å². The Hall–Kier alpha value is -1.37. The molecule has 1 aromatic heterocycles. The first-order valence-electron chi connectivity index (χ1n) is 6.15. The molecule has 0 amide bonds. The Morgan fingerprint density at radius 2 is 2.20 bits per heavy atom. The van der Waals surface area contributed by atoms with Crippen LogP contribution in [0.2, 0.25) is 5.02 Å². The van der Waals surface area contributed by atoms with Crippen LogP contribution in [0.25, 0.3) is 0 Å². The predicted octanol–water partition coefficient (Wildman–Crippen LogP) is 2.28. The average molecular weight is 314 g/mol. The molecule has 1 unspecified atom stereocenters. The lowest BCUT2D eigenvalue weighted by Crippen LogP contribution is -2.34. The summed E-state index contributed by atoms with van der Waals surface area (Å²) >= 11 is 5.91. The summed E-state index contributed by atoms with van der Waals surface area (Å²) in [7, 11) is -3.55. The standard InChI is InChI=1S/C13H16ClN3O2S/c1-9(6-11-4-3-5-12(14)7-11)17-20(18,19)13-8-15-16-10(13)2/h3-5,7-9,17H,6H2,1-2H3,(H,15,16). The number of nitrogens with zero attached hydrogens (tertiary/aromatic N) is 1. The summed E-state index contributed by atoms with van der Waals surface area (Å²) in [4.78, 5) is 0.176. The zero-order valence-electron chi connectivity index (χ0n) is 11.2. The van der Waals surface area contributed by atoms with Crippen molar-refractivity contribution in [2.24, 2.45) is 0 Å². The molecule has 2 aromatic rings. The van der Waals surface area contributed by atoms with E-state index in [9.17, 15) is 8.42 Å². The van der Waals surface area contributed by atoms with E-state index in [1.807, 2.05) is 25.1 Å². The second kappa shape index (κ2) is 5.95. The molecule has 0 radical (unpaired) electrons. The minimum Gasteiger partial charge on any atom is -0.281 e. The average Bonchev–Trinajstić information content (AvgIpc) is 2.75. The molecule has 0 saturated carbocycles. The van der Waals surface area contributed by atoms with Gasteiger partial charge in [-0.25, -0.2) is 13.1 Å². The van der Waals surface area contributed by atoms with Crippen LogP contribution in [-0.4, -0.2) is 24.7 Å². The van der Waals surface area contributed by atoms with Crippen molar-refractivity contribution in [2.45, 2.75) is 31.2 Å². The van der Waals surface area contributed by atoms with E-state index in [-0.39, 0.29) is 10.9 Å². The second-order valence-electron chi connectivity index (χ2n) is 4.72. The number of H-pyrrole nitrogens is 1. The number of rotatable bonds is 5. The summed E-state index contributed by atoms with van der Waals surface area (Å²) < 4.78 is 27.0. The summed E-state index contributed by atoms with van der Waals surface area (Å²) in [6.07, 6.45) is 1.88. The fourth-order valence-electron chi connectivity index (χ4n) is 2.00. The second-order valence-corrected chi connectivity index (χ2v) is 6.83. The first-order valence-corrected chi connectivity index (χ1v) is 8.01. The van der Waals surface area contributed by atoms with Crippen LogP contribution in [0.1, 0.15) is 18.2 Å². The Balaban J connectivity index is 2.08. The molecule has 108 valence electrons. The first-order chi connectivity index (χ1) is 9.38. The van der Waals surface area contributed by atoms with E-state index in [1.54, 1.807) is 13.0 Å². The molecule has 1 atom stereocenters. The third-order valence-electron chi connectivity index (χ3n) is 2.86. The van der Waals surface area contributed by atoms with Gasteiger partial charge in [0, 0.05) is 11.1 Å². The molecule has 20 heavy (non-hydrogen) atoms. The third kappa shape index (κ3) is 3.59. The van der Waals surface area contributed by atoms with E-state index < -0.39 is 10.0 Å². The van der Waals surface area contributed by atoms with Crippen molar-refractivity contribution in [3.05, 3.63) is 46.7 Å². The lowest BCUT2D eigenvalue weighted by atomic mass is 10.1. The highest BCUT2D eigenvalue weighted by molar-refractivity contribution is 7.89. The zero-order chi connectivity index (χ0) is 14.8. The number of halogens is 1. The van der Waals surface area contributed by atoms with Crippen LogP contribution in [0.4, 0.5) is 0 Å². The van der Waals surface area contributed by atoms with Gasteiger partial charge in [-0.05, 0) is 38.0 Å². The molecule has 0 aliphatic rings. The first kappa shape index (κ1) is 15.0. The number of aromatic nitrogens is 2. The number of sulfonamides is 1. The summed E-state index contributed by atoms with van der Waals surface area (Å²) in [5, 5.41) is 6.99. The number of benzene rings is 1. The van der Waals surface area contributed by atoms with Crippen LogP contribution in [0.3, 0.4) is 0 Å². The van der Waals surface area contributed by atoms with Crippen molar-refractivity contribution in [2.75, 3.05) is 0 Å². The Bertz CT molecular complexity index is 697. The molecule has 0 spiro atoms. The van der Waals surface area contributed by atoms with Gasteiger partial charge in [0.1, 0.15) is 4.90 Å². The number of aryl methyl sites for hydroxylation is 1. The van der Waals surface area contributed by atoms with Crippen molar-refractivity contribution in [3.63, 3.8) is 0 Å². The van der Waals surface area contributed by atoms with Crippen LogP contribution in [-0.2, 0) is 16.4 Å². The molecule has 0 fully saturated rings. The number of hydrogen-bond donors (Lipinski definition) is 2. The maximum Gasteiger partial charge on any atom is 0.244 e. The van der Waals surface area contributed by atoms with E-state index >= 15 is 0 Å². The molecule has 0 bridgehead atoms. The predicted molar refractivity (Wildman–Crippen MR) is 78.3 cm³/mol. The molecule has 1 aromatic carbocycles. The fraction of sp³-hybridized carbons (Fsp3) is 0.308. The van der Waals surface area contributed by atoms with Gasteiger partial charge < -0.3 is 0 Å². The Kier molecular flexibility index (Phi) is 4.47. The minimum atomic E-state index is -3.55. The largest absolute Gasteiger partial charge is 0.281 e. The van der Waals surface area contributed by atoms with Gasteiger partial charge in [-0.3, -0.25) is 5.10 Å². The number of hydrogen-bond acceptors (Lipinski definition) is 3. The Labute approximate surface area is 123 Å². The summed E-state index contributed by atoms with van der Waals surface area (Å²) in [6, 6.07) is 7.14. The molecule has 5 nitrogen and oxygen atoms in total. The maximum absolute atomic E-state index is 12.2. The third-order valence-corrected chi connectivity index (χ3v) is 4.80. The van der Waals surface area contributed by atoms with Gasteiger partial charge in [0.2, 0.25) is 10.0 Å². The van der Waals surface area contributed by atoms with Crippen molar-refractivity contribution >= 4 is 21.6 Å². The molecule has 0 saturated heterocycles. The van der Waals surface area contributed by atoms with Gasteiger partial charge in [-0.15, -0.1) is 0 Å². The van der Waals surface area contributed by atoms with Gasteiger partial charge >= 0.3 is 0 Å².